The van der Waals surface area contributed by atoms with Gasteiger partial charge in [0.15, 0.2) is 0 Å². The summed E-state index contributed by atoms with van der Waals surface area (Å²) in [6, 6.07) is 0. The number of rotatable bonds is 5. The van der Waals surface area contributed by atoms with Crippen molar-refractivity contribution >= 4 is 12.1 Å². The van der Waals surface area contributed by atoms with Gasteiger partial charge in [0.2, 0.25) is 0 Å². The molecule has 0 aromatic heterocycles. The Hall–Kier alpha value is -1.26. The van der Waals surface area contributed by atoms with E-state index >= 15 is 0 Å². The number of carbonyl (C=O) groups excluding carboxylic acids is 2. The standard InChI is InChI=1S/C25H38O4/c1-16(15-26)7-6-8-18(3)25(29)12-11-23(4)13-19-22(17(2)9-10-21(23)25)20(27)14-24(19,5)28/h7,9,15,18-19,21-22,28-29H,6,8,10-14H2,1-5H3. The fourth-order valence-electron chi connectivity index (χ4n) is 6.64. The molecule has 7 atom stereocenters. The van der Waals surface area contributed by atoms with Crippen LogP contribution in [0.2, 0.25) is 0 Å². The lowest BCUT2D eigenvalue weighted by Crippen LogP contribution is -2.47. The van der Waals surface area contributed by atoms with Crippen LogP contribution in [0.1, 0.15) is 79.6 Å². The summed E-state index contributed by atoms with van der Waals surface area (Å²) in [5.74, 6) is 0.151. The van der Waals surface area contributed by atoms with Crippen molar-refractivity contribution in [2.75, 3.05) is 0 Å². The summed E-state index contributed by atoms with van der Waals surface area (Å²) >= 11 is 0. The molecule has 2 saturated carbocycles. The van der Waals surface area contributed by atoms with Gasteiger partial charge in [0.1, 0.15) is 12.1 Å². The summed E-state index contributed by atoms with van der Waals surface area (Å²) in [7, 11) is 0. The van der Waals surface area contributed by atoms with E-state index in [9.17, 15) is 19.8 Å². The average molecular weight is 403 g/mol. The first kappa shape index (κ1) is 22.4. The highest BCUT2D eigenvalue weighted by molar-refractivity contribution is 5.87. The van der Waals surface area contributed by atoms with Crippen molar-refractivity contribution in [2.45, 2.75) is 90.8 Å². The van der Waals surface area contributed by atoms with Crippen LogP contribution >= 0.6 is 0 Å². The molecule has 0 radical (unpaired) electrons. The lowest BCUT2D eigenvalue weighted by molar-refractivity contribution is -0.120. The average Bonchev–Trinajstić information content (AvgIpc) is 3.01. The summed E-state index contributed by atoms with van der Waals surface area (Å²) in [4.78, 5) is 23.5. The van der Waals surface area contributed by atoms with E-state index in [-0.39, 0.29) is 41.3 Å². The SMILES string of the molecule is CC(C=O)=CCCC(C)C1(O)CCC2(C)CC3C(C(=O)CC3(C)O)C(C)=CCC21. The lowest BCUT2D eigenvalue weighted by Gasteiger charge is -2.45. The Labute approximate surface area is 175 Å². The van der Waals surface area contributed by atoms with Crippen LogP contribution in [0.25, 0.3) is 0 Å². The van der Waals surface area contributed by atoms with Crippen molar-refractivity contribution in [1.29, 1.82) is 0 Å². The summed E-state index contributed by atoms with van der Waals surface area (Å²) in [6.07, 6.45) is 10.1. The van der Waals surface area contributed by atoms with E-state index < -0.39 is 11.2 Å². The molecule has 0 aliphatic heterocycles. The topological polar surface area (TPSA) is 74.6 Å². The number of carbonyl (C=O) groups is 2. The highest BCUT2D eigenvalue weighted by Crippen LogP contribution is 2.61. The first-order valence-corrected chi connectivity index (χ1v) is 11.2. The molecule has 0 bridgehead atoms. The van der Waals surface area contributed by atoms with Gasteiger partial charge in [-0.05, 0) is 82.1 Å². The molecule has 0 spiro atoms. The Kier molecular flexibility index (Phi) is 6.01. The van der Waals surface area contributed by atoms with Gasteiger partial charge in [0.25, 0.3) is 0 Å². The van der Waals surface area contributed by atoms with Crippen molar-refractivity contribution in [2.24, 2.45) is 29.1 Å². The Morgan fingerprint density at radius 2 is 2.00 bits per heavy atom. The molecule has 29 heavy (non-hydrogen) atoms. The molecule has 0 aromatic rings. The van der Waals surface area contributed by atoms with Gasteiger partial charge in [0, 0.05) is 18.3 Å². The zero-order chi connectivity index (χ0) is 21.6. The van der Waals surface area contributed by atoms with Gasteiger partial charge in [-0.25, -0.2) is 0 Å². The second-order valence-electron chi connectivity index (χ2n) is 10.7. The predicted molar refractivity (Wildman–Crippen MR) is 114 cm³/mol. The minimum absolute atomic E-state index is 0.0742. The molecular weight excluding hydrogens is 364 g/mol. The molecular formula is C25H38O4. The maximum absolute atomic E-state index is 12.6. The van der Waals surface area contributed by atoms with Gasteiger partial charge in [-0.15, -0.1) is 0 Å². The Bertz CT molecular complexity index is 733. The third-order valence-electron chi connectivity index (χ3n) is 8.58. The number of allylic oxidation sites excluding steroid dienone is 4. The molecule has 0 aromatic carbocycles. The van der Waals surface area contributed by atoms with Crippen LogP contribution in [-0.4, -0.2) is 33.5 Å². The third-order valence-corrected chi connectivity index (χ3v) is 8.58. The van der Waals surface area contributed by atoms with Crippen LogP contribution in [0.4, 0.5) is 0 Å². The molecule has 162 valence electrons. The number of hydrogen-bond acceptors (Lipinski definition) is 4. The van der Waals surface area contributed by atoms with Crippen LogP contribution in [-0.2, 0) is 9.59 Å². The number of Topliss-reactive ketones (excluding diaryl/α,β-unsaturated/α-hetero) is 1. The molecule has 2 N–H and O–H groups in total. The molecule has 2 fully saturated rings. The summed E-state index contributed by atoms with van der Waals surface area (Å²) in [5.41, 5.74) is -0.0109. The zero-order valence-corrected chi connectivity index (χ0v) is 18.7. The van der Waals surface area contributed by atoms with E-state index in [2.05, 4.69) is 19.9 Å². The van der Waals surface area contributed by atoms with Crippen molar-refractivity contribution in [1.82, 2.24) is 0 Å². The van der Waals surface area contributed by atoms with Gasteiger partial charge in [-0.3, -0.25) is 9.59 Å². The lowest BCUT2D eigenvalue weighted by atomic mass is 9.61. The minimum atomic E-state index is -0.967. The van der Waals surface area contributed by atoms with Crippen LogP contribution in [0.3, 0.4) is 0 Å². The Morgan fingerprint density at radius 1 is 1.31 bits per heavy atom. The van der Waals surface area contributed by atoms with Crippen LogP contribution < -0.4 is 0 Å². The first-order valence-electron chi connectivity index (χ1n) is 11.2. The van der Waals surface area contributed by atoms with Gasteiger partial charge in [0.05, 0.1) is 11.2 Å². The molecule has 3 aliphatic carbocycles. The van der Waals surface area contributed by atoms with Gasteiger partial charge >= 0.3 is 0 Å². The summed E-state index contributed by atoms with van der Waals surface area (Å²) in [5, 5.41) is 22.8. The molecule has 3 aliphatic rings. The number of hydrogen-bond donors (Lipinski definition) is 2. The largest absolute Gasteiger partial charge is 0.389 e. The predicted octanol–water partition coefficient (Wildman–Crippen LogP) is 4.39. The number of aliphatic hydroxyl groups is 2. The second kappa shape index (κ2) is 7.77. The fourth-order valence-corrected chi connectivity index (χ4v) is 6.64. The monoisotopic (exact) mass is 402 g/mol. The van der Waals surface area contributed by atoms with Crippen molar-refractivity contribution in [3.8, 4) is 0 Å². The molecule has 4 heteroatoms. The second-order valence-corrected chi connectivity index (χ2v) is 10.7. The number of aldehydes is 1. The van der Waals surface area contributed by atoms with Gasteiger partial charge in [-0.1, -0.05) is 31.6 Å². The molecule has 0 saturated heterocycles. The van der Waals surface area contributed by atoms with Crippen LogP contribution in [0.5, 0.6) is 0 Å². The maximum atomic E-state index is 12.6. The zero-order valence-electron chi connectivity index (χ0n) is 18.7. The summed E-state index contributed by atoms with van der Waals surface area (Å²) in [6.45, 7) is 10.0. The van der Waals surface area contributed by atoms with E-state index in [0.29, 0.717) is 0 Å². The van der Waals surface area contributed by atoms with Crippen molar-refractivity contribution in [3.05, 3.63) is 23.3 Å². The smallest absolute Gasteiger partial charge is 0.145 e. The molecule has 3 rings (SSSR count). The van der Waals surface area contributed by atoms with E-state index in [4.69, 9.17) is 0 Å². The highest BCUT2D eigenvalue weighted by atomic mass is 16.3. The van der Waals surface area contributed by atoms with Crippen molar-refractivity contribution in [3.63, 3.8) is 0 Å². The van der Waals surface area contributed by atoms with Crippen molar-refractivity contribution < 1.29 is 19.8 Å². The fraction of sp³-hybridized carbons (Fsp3) is 0.760. The molecule has 0 amide bonds. The quantitative estimate of drug-likeness (QED) is 0.406. The van der Waals surface area contributed by atoms with Crippen LogP contribution in [0, 0.1) is 29.1 Å². The number of fused-ring (bicyclic) bond motifs is 2. The molecule has 0 heterocycles. The van der Waals surface area contributed by atoms with E-state index in [1.54, 1.807) is 0 Å². The Balaban J connectivity index is 1.87. The first-order chi connectivity index (χ1) is 13.4. The van der Waals surface area contributed by atoms with E-state index in [1.165, 1.54) is 0 Å². The third kappa shape index (κ3) is 3.90. The van der Waals surface area contributed by atoms with Crippen LogP contribution in [0.15, 0.2) is 23.3 Å². The molecule has 7 unspecified atom stereocenters. The molecule has 4 nitrogen and oxygen atoms in total. The van der Waals surface area contributed by atoms with Gasteiger partial charge in [-0.2, -0.15) is 0 Å². The van der Waals surface area contributed by atoms with E-state index in [0.717, 1.165) is 56.0 Å². The number of ketones is 1. The Morgan fingerprint density at radius 3 is 2.66 bits per heavy atom. The minimum Gasteiger partial charge on any atom is -0.389 e. The maximum Gasteiger partial charge on any atom is 0.145 e. The normalized spacial score (nSPS) is 43.8. The van der Waals surface area contributed by atoms with Gasteiger partial charge < -0.3 is 10.2 Å². The summed E-state index contributed by atoms with van der Waals surface area (Å²) < 4.78 is 0. The van der Waals surface area contributed by atoms with E-state index in [1.807, 2.05) is 26.8 Å². The highest BCUT2D eigenvalue weighted by Gasteiger charge is 2.60.